The lowest BCUT2D eigenvalue weighted by atomic mass is 9.97. The summed E-state index contributed by atoms with van der Waals surface area (Å²) in [4.78, 5) is 28.9. The van der Waals surface area contributed by atoms with E-state index < -0.39 is 5.97 Å². The van der Waals surface area contributed by atoms with E-state index in [-0.39, 0.29) is 36.0 Å². The molecule has 0 spiro atoms. The fourth-order valence-corrected chi connectivity index (χ4v) is 2.79. The second kappa shape index (κ2) is 6.56. The van der Waals surface area contributed by atoms with Crippen LogP contribution in [0.2, 0.25) is 0 Å². The predicted octanol–water partition coefficient (Wildman–Crippen LogP) is 1.95. The van der Waals surface area contributed by atoms with E-state index >= 15 is 0 Å². The van der Waals surface area contributed by atoms with Gasteiger partial charge in [-0.05, 0) is 45.2 Å². The fraction of sp³-hybridized carbons (Fsp3) is 0.533. The Kier molecular flexibility index (Phi) is 4.77. The largest absolute Gasteiger partial charge is 0.481 e. The van der Waals surface area contributed by atoms with Gasteiger partial charge < -0.3 is 14.7 Å². The van der Waals surface area contributed by atoms with Gasteiger partial charge in [-0.25, -0.2) is 9.78 Å². The van der Waals surface area contributed by atoms with Crippen molar-refractivity contribution in [1.29, 1.82) is 0 Å². The van der Waals surface area contributed by atoms with Gasteiger partial charge in [-0.2, -0.15) is 0 Å². The normalized spacial score (nSPS) is 21.9. The lowest BCUT2D eigenvalue weighted by Gasteiger charge is -2.38. The molecule has 114 valence electrons. The Labute approximate surface area is 123 Å². The number of hydrogen-bond donors (Lipinski definition) is 1. The van der Waals surface area contributed by atoms with Crippen molar-refractivity contribution in [2.75, 3.05) is 6.61 Å². The highest BCUT2D eigenvalue weighted by Gasteiger charge is 2.29. The van der Waals surface area contributed by atoms with Crippen LogP contribution >= 0.6 is 0 Å². The SMILES string of the molecule is CC1CCCC(C)N1C(=O)COc1cccnc1C(=O)O. The molecule has 0 bridgehead atoms. The predicted molar refractivity (Wildman–Crippen MR) is 76.3 cm³/mol. The zero-order valence-corrected chi connectivity index (χ0v) is 12.3. The first-order valence-corrected chi connectivity index (χ1v) is 7.13. The highest BCUT2D eigenvalue weighted by atomic mass is 16.5. The third kappa shape index (κ3) is 3.51. The van der Waals surface area contributed by atoms with Crippen LogP contribution in [0, 0.1) is 0 Å². The first kappa shape index (κ1) is 15.3. The summed E-state index contributed by atoms with van der Waals surface area (Å²) in [6, 6.07) is 3.47. The number of carbonyl (C=O) groups is 2. The van der Waals surface area contributed by atoms with Gasteiger partial charge in [0.25, 0.3) is 5.91 Å². The molecular formula is C15H20N2O4. The third-order valence-corrected chi connectivity index (χ3v) is 3.81. The van der Waals surface area contributed by atoms with E-state index in [0.29, 0.717) is 0 Å². The van der Waals surface area contributed by atoms with Crippen molar-refractivity contribution in [2.24, 2.45) is 0 Å². The minimum absolute atomic E-state index is 0.116. The molecule has 0 radical (unpaired) electrons. The number of carboxylic acid groups (broad SMARTS) is 1. The zero-order chi connectivity index (χ0) is 15.4. The van der Waals surface area contributed by atoms with Gasteiger partial charge in [0.05, 0.1) is 0 Å². The van der Waals surface area contributed by atoms with E-state index in [4.69, 9.17) is 9.84 Å². The van der Waals surface area contributed by atoms with E-state index in [0.717, 1.165) is 19.3 Å². The molecule has 0 aromatic carbocycles. The first-order chi connectivity index (χ1) is 10.0. The maximum absolute atomic E-state index is 12.3. The molecule has 1 saturated heterocycles. The Morgan fingerprint density at radius 2 is 2.05 bits per heavy atom. The van der Waals surface area contributed by atoms with E-state index in [9.17, 15) is 9.59 Å². The molecule has 2 unspecified atom stereocenters. The Morgan fingerprint density at radius 1 is 1.38 bits per heavy atom. The number of aromatic carboxylic acids is 1. The van der Waals surface area contributed by atoms with Crippen LogP contribution in [0.4, 0.5) is 0 Å². The smallest absolute Gasteiger partial charge is 0.358 e. The number of nitrogens with zero attached hydrogens (tertiary/aromatic N) is 2. The van der Waals surface area contributed by atoms with E-state index in [1.165, 1.54) is 12.3 Å². The van der Waals surface area contributed by atoms with Crippen molar-refractivity contribution in [1.82, 2.24) is 9.88 Å². The van der Waals surface area contributed by atoms with Crippen molar-refractivity contribution in [3.05, 3.63) is 24.0 Å². The number of carboxylic acids is 1. The molecule has 1 aromatic rings. The van der Waals surface area contributed by atoms with Crippen molar-refractivity contribution >= 4 is 11.9 Å². The van der Waals surface area contributed by atoms with Crippen LogP contribution in [0.5, 0.6) is 5.75 Å². The molecule has 1 fully saturated rings. The number of hydrogen-bond acceptors (Lipinski definition) is 4. The Bertz CT molecular complexity index is 522. The monoisotopic (exact) mass is 292 g/mol. The van der Waals surface area contributed by atoms with Crippen LogP contribution in [0.15, 0.2) is 18.3 Å². The van der Waals surface area contributed by atoms with Crippen LogP contribution in [0.3, 0.4) is 0 Å². The second-order valence-corrected chi connectivity index (χ2v) is 5.37. The molecule has 6 nitrogen and oxygen atoms in total. The molecule has 1 aliphatic heterocycles. The summed E-state index contributed by atoms with van der Waals surface area (Å²) in [6.45, 7) is 3.89. The molecule has 1 amide bonds. The van der Waals surface area contributed by atoms with Crippen LogP contribution < -0.4 is 4.74 Å². The molecular weight excluding hydrogens is 272 g/mol. The maximum atomic E-state index is 12.3. The lowest BCUT2D eigenvalue weighted by molar-refractivity contribution is -0.139. The molecule has 6 heteroatoms. The fourth-order valence-electron chi connectivity index (χ4n) is 2.79. The summed E-state index contributed by atoms with van der Waals surface area (Å²) in [7, 11) is 0. The average molecular weight is 292 g/mol. The van der Waals surface area contributed by atoms with Gasteiger partial charge in [0.2, 0.25) is 0 Å². The molecule has 2 rings (SSSR count). The number of rotatable bonds is 4. The van der Waals surface area contributed by atoms with Gasteiger partial charge >= 0.3 is 5.97 Å². The van der Waals surface area contributed by atoms with Crippen LogP contribution in [-0.4, -0.2) is 45.6 Å². The summed E-state index contributed by atoms with van der Waals surface area (Å²) in [6.07, 6.45) is 4.48. The van der Waals surface area contributed by atoms with Crippen LogP contribution in [0.1, 0.15) is 43.6 Å². The van der Waals surface area contributed by atoms with Gasteiger partial charge in [0.1, 0.15) is 0 Å². The zero-order valence-electron chi connectivity index (χ0n) is 12.3. The maximum Gasteiger partial charge on any atom is 0.358 e. The number of amides is 1. The van der Waals surface area contributed by atoms with Gasteiger partial charge in [-0.3, -0.25) is 4.79 Å². The van der Waals surface area contributed by atoms with Gasteiger partial charge in [0, 0.05) is 18.3 Å². The minimum Gasteiger partial charge on any atom is -0.481 e. The summed E-state index contributed by atoms with van der Waals surface area (Å²) in [5.41, 5.74) is -0.176. The van der Waals surface area contributed by atoms with Crippen LogP contribution in [-0.2, 0) is 4.79 Å². The summed E-state index contributed by atoms with van der Waals surface area (Å²) in [5, 5.41) is 9.03. The quantitative estimate of drug-likeness (QED) is 0.917. The van der Waals surface area contributed by atoms with E-state index in [1.807, 2.05) is 18.7 Å². The van der Waals surface area contributed by atoms with Gasteiger partial charge in [-0.1, -0.05) is 0 Å². The van der Waals surface area contributed by atoms with E-state index in [2.05, 4.69) is 4.98 Å². The Balaban J connectivity index is 2.02. The highest BCUT2D eigenvalue weighted by molar-refractivity contribution is 5.88. The van der Waals surface area contributed by atoms with Crippen LogP contribution in [0.25, 0.3) is 0 Å². The van der Waals surface area contributed by atoms with E-state index in [1.54, 1.807) is 6.07 Å². The Morgan fingerprint density at radius 3 is 2.67 bits per heavy atom. The molecule has 0 saturated carbocycles. The molecule has 1 aromatic heterocycles. The van der Waals surface area contributed by atoms with Crippen molar-refractivity contribution < 1.29 is 19.4 Å². The molecule has 21 heavy (non-hydrogen) atoms. The Hall–Kier alpha value is -2.11. The third-order valence-electron chi connectivity index (χ3n) is 3.81. The van der Waals surface area contributed by atoms with Crippen molar-refractivity contribution in [2.45, 2.75) is 45.2 Å². The number of piperidine rings is 1. The summed E-state index contributed by atoms with van der Waals surface area (Å²) < 4.78 is 5.38. The summed E-state index contributed by atoms with van der Waals surface area (Å²) >= 11 is 0. The second-order valence-electron chi connectivity index (χ2n) is 5.37. The molecule has 0 aliphatic carbocycles. The minimum atomic E-state index is -1.17. The van der Waals surface area contributed by atoms with Crippen molar-refractivity contribution in [3.63, 3.8) is 0 Å². The molecule has 1 N–H and O–H groups in total. The van der Waals surface area contributed by atoms with Crippen molar-refractivity contribution in [3.8, 4) is 5.75 Å². The van der Waals surface area contributed by atoms with Gasteiger partial charge in [0.15, 0.2) is 18.1 Å². The number of likely N-dealkylation sites (tertiary alicyclic amines) is 1. The number of pyridine rings is 1. The number of carbonyl (C=O) groups excluding carboxylic acids is 1. The number of ether oxygens (including phenoxy) is 1. The molecule has 1 aliphatic rings. The molecule has 2 atom stereocenters. The summed E-state index contributed by atoms with van der Waals surface area (Å²) in [5.74, 6) is -1.16. The lowest BCUT2D eigenvalue weighted by Crippen LogP contribution is -2.49. The molecule has 2 heterocycles. The standard InChI is InChI=1S/C15H20N2O4/c1-10-5-3-6-11(2)17(10)13(18)9-21-12-7-4-8-16-14(12)15(19)20/h4,7-8,10-11H,3,5-6,9H2,1-2H3,(H,19,20). The average Bonchev–Trinajstić information content (AvgIpc) is 2.45. The first-order valence-electron chi connectivity index (χ1n) is 7.13. The van der Waals surface area contributed by atoms with Gasteiger partial charge in [-0.15, -0.1) is 0 Å². The highest BCUT2D eigenvalue weighted by Crippen LogP contribution is 2.23. The number of aromatic nitrogens is 1. The topological polar surface area (TPSA) is 79.7 Å².